The van der Waals surface area contributed by atoms with Crippen LogP contribution in [0.15, 0.2) is 12.2 Å². The van der Waals surface area contributed by atoms with E-state index in [1.54, 1.807) is 0 Å². The molecule has 1 aliphatic carbocycles. The Kier molecular flexibility index (Phi) is 2.07. The lowest BCUT2D eigenvalue weighted by Crippen LogP contribution is -2.37. The van der Waals surface area contributed by atoms with Crippen LogP contribution in [-0.2, 0) is 0 Å². The van der Waals surface area contributed by atoms with Gasteiger partial charge in [0.25, 0.3) is 0 Å². The molecule has 1 fully saturated rings. The second-order valence-electron chi connectivity index (χ2n) is 2.90. The van der Waals surface area contributed by atoms with E-state index in [0.717, 1.165) is 0 Å². The summed E-state index contributed by atoms with van der Waals surface area (Å²) in [4.78, 5) is 0. The minimum absolute atomic E-state index is 0.0903. The molecule has 0 heterocycles. The third-order valence-corrected chi connectivity index (χ3v) is 2.22. The molecule has 2 radical (unpaired) electrons. The molecule has 1 rings (SSSR count). The zero-order chi connectivity index (χ0) is 8.65. The van der Waals surface area contributed by atoms with E-state index in [9.17, 15) is 4.39 Å². The van der Waals surface area contributed by atoms with Crippen LogP contribution in [0.3, 0.4) is 0 Å². The number of aliphatic hydroxyl groups is 2. The van der Waals surface area contributed by atoms with E-state index in [1.165, 1.54) is 0 Å². The van der Waals surface area contributed by atoms with Crippen LogP contribution in [0.4, 0.5) is 4.39 Å². The Morgan fingerprint density at radius 1 is 1.82 bits per heavy atom. The largest absolute Gasteiger partial charge is 0.393 e. The normalized spacial score (nSPS) is 44.8. The highest BCUT2D eigenvalue weighted by molar-refractivity contribution is 6.14. The summed E-state index contributed by atoms with van der Waals surface area (Å²) >= 11 is 0. The zero-order valence-electron chi connectivity index (χ0n) is 6.13. The molecule has 0 spiro atoms. The lowest BCUT2D eigenvalue weighted by Gasteiger charge is -2.22. The van der Waals surface area contributed by atoms with Gasteiger partial charge < -0.3 is 10.2 Å². The second-order valence-corrected chi connectivity index (χ2v) is 2.90. The Labute approximate surface area is 66.1 Å². The van der Waals surface area contributed by atoms with Gasteiger partial charge in [0.1, 0.15) is 0 Å². The van der Waals surface area contributed by atoms with Crippen molar-refractivity contribution in [2.24, 2.45) is 0 Å². The first kappa shape index (κ1) is 8.75. The average Bonchev–Trinajstić information content (AvgIpc) is 2.16. The number of rotatable bonds is 1. The molecule has 0 bridgehead atoms. The molecule has 60 valence electrons. The smallest absolute Gasteiger partial charge is 0.179 e. The molecule has 3 atom stereocenters. The third kappa shape index (κ3) is 1.10. The average molecular weight is 156 g/mol. The van der Waals surface area contributed by atoms with Crippen LogP contribution >= 0.6 is 0 Å². The summed E-state index contributed by atoms with van der Waals surface area (Å²) in [7, 11) is 5.41. The van der Waals surface area contributed by atoms with Gasteiger partial charge in [0, 0.05) is 0 Å². The Balaban J connectivity index is 2.87. The minimum Gasteiger partial charge on any atom is -0.393 e. The van der Waals surface area contributed by atoms with Gasteiger partial charge in [0.2, 0.25) is 0 Å². The molecule has 0 unspecified atom stereocenters. The molecule has 0 aromatic carbocycles. The van der Waals surface area contributed by atoms with Crippen molar-refractivity contribution >= 4 is 7.85 Å². The van der Waals surface area contributed by atoms with E-state index in [2.05, 4.69) is 6.58 Å². The first-order valence-electron chi connectivity index (χ1n) is 3.45. The van der Waals surface area contributed by atoms with Gasteiger partial charge in [-0.3, -0.25) is 0 Å². The van der Waals surface area contributed by atoms with Crippen molar-refractivity contribution in [2.45, 2.75) is 24.0 Å². The standard InChI is InChI=1S/C7H10BFO2/c1-4-5(8)2-6(11)7(4,9)3-10/h5-6,10-11H,1-3H2/t5-,6-,7+/m1/s1. The quantitative estimate of drug-likeness (QED) is 0.413. The fraction of sp³-hybridized carbons (Fsp3) is 0.714. The van der Waals surface area contributed by atoms with Crippen LogP contribution in [0, 0.1) is 0 Å². The van der Waals surface area contributed by atoms with Crippen LogP contribution < -0.4 is 0 Å². The fourth-order valence-corrected chi connectivity index (χ4v) is 1.30. The van der Waals surface area contributed by atoms with Crippen LogP contribution in [-0.4, -0.2) is 36.4 Å². The monoisotopic (exact) mass is 156 g/mol. The highest BCUT2D eigenvalue weighted by Gasteiger charge is 2.48. The summed E-state index contributed by atoms with van der Waals surface area (Å²) in [6.07, 6.45) is -1.08. The maximum atomic E-state index is 13.4. The summed E-state index contributed by atoms with van der Waals surface area (Å²) in [5, 5.41) is 17.7. The number of hydrogen-bond donors (Lipinski definition) is 2. The SMILES string of the molecule is [B][C@@H]1C[C@@H](O)[C@](F)(CO)C1=C. The van der Waals surface area contributed by atoms with E-state index in [1.807, 2.05) is 0 Å². The van der Waals surface area contributed by atoms with Gasteiger partial charge in [-0.1, -0.05) is 12.4 Å². The predicted molar refractivity (Wildman–Crippen MR) is 40.2 cm³/mol. The van der Waals surface area contributed by atoms with E-state index < -0.39 is 24.2 Å². The van der Waals surface area contributed by atoms with Gasteiger partial charge >= 0.3 is 0 Å². The van der Waals surface area contributed by atoms with Crippen LogP contribution in [0.5, 0.6) is 0 Å². The molecule has 0 saturated heterocycles. The second kappa shape index (κ2) is 2.61. The van der Waals surface area contributed by atoms with Crippen molar-refractivity contribution < 1.29 is 14.6 Å². The summed E-state index contributed by atoms with van der Waals surface area (Å²) in [6.45, 7) is 2.64. The van der Waals surface area contributed by atoms with Crippen LogP contribution in [0.2, 0.25) is 5.82 Å². The molecule has 0 aromatic heterocycles. The number of aliphatic hydroxyl groups excluding tert-OH is 2. The topological polar surface area (TPSA) is 40.5 Å². The highest BCUT2D eigenvalue weighted by Crippen LogP contribution is 2.43. The number of hydrogen-bond acceptors (Lipinski definition) is 2. The van der Waals surface area contributed by atoms with E-state index in [0.29, 0.717) is 0 Å². The Morgan fingerprint density at radius 3 is 2.55 bits per heavy atom. The lowest BCUT2D eigenvalue weighted by molar-refractivity contribution is -0.00206. The van der Waals surface area contributed by atoms with Gasteiger partial charge in [-0.25, -0.2) is 4.39 Å². The van der Waals surface area contributed by atoms with Crippen LogP contribution in [0.25, 0.3) is 0 Å². The number of halogens is 1. The van der Waals surface area contributed by atoms with Gasteiger partial charge in [-0.15, -0.1) is 0 Å². The lowest BCUT2D eigenvalue weighted by atomic mass is 9.81. The van der Waals surface area contributed by atoms with Crippen molar-refractivity contribution in [2.75, 3.05) is 6.61 Å². The van der Waals surface area contributed by atoms with Gasteiger partial charge in [-0.2, -0.15) is 0 Å². The Morgan fingerprint density at radius 2 is 2.36 bits per heavy atom. The Hall–Kier alpha value is -0.345. The molecular weight excluding hydrogens is 146 g/mol. The maximum Gasteiger partial charge on any atom is 0.179 e. The molecular formula is C7H10BFO2. The highest BCUT2D eigenvalue weighted by atomic mass is 19.1. The predicted octanol–water partition coefficient (Wildman–Crippen LogP) is -0.0352. The minimum atomic E-state index is -2.08. The van der Waals surface area contributed by atoms with E-state index in [-0.39, 0.29) is 12.0 Å². The first-order chi connectivity index (χ1) is 5.02. The molecule has 0 aliphatic heterocycles. The molecule has 4 heteroatoms. The van der Waals surface area contributed by atoms with Crippen LogP contribution in [0.1, 0.15) is 6.42 Å². The van der Waals surface area contributed by atoms with Crippen molar-refractivity contribution in [3.63, 3.8) is 0 Å². The molecule has 1 aliphatic rings. The van der Waals surface area contributed by atoms with Crippen molar-refractivity contribution in [1.82, 2.24) is 0 Å². The van der Waals surface area contributed by atoms with Crippen molar-refractivity contribution in [1.29, 1.82) is 0 Å². The van der Waals surface area contributed by atoms with Crippen molar-refractivity contribution in [3.8, 4) is 0 Å². The molecule has 2 N–H and O–H groups in total. The summed E-state index contributed by atoms with van der Waals surface area (Å²) in [5.41, 5.74) is -1.99. The molecule has 0 aromatic rings. The fourth-order valence-electron chi connectivity index (χ4n) is 1.30. The Bertz CT molecular complexity index is 185. The summed E-state index contributed by atoms with van der Waals surface area (Å²) < 4.78 is 13.4. The molecule has 0 amide bonds. The molecule has 2 nitrogen and oxygen atoms in total. The van der Waals surface area contributed by atoms with Gasteiger partial charge in [-0.05, 0) is 12.0 Å². The van der Waals surface area contributed by atoms with E-state index in [4.69, 9.17) is 18.1 Å². The van der Waals surface area contributed by atoms with Gasteiger partial charge in [0.15, 0.2) is 5.67 Å². The summed E-state index contributed by atoms with van der Waals surface area (Å²) in [5.74, 6) is -0.540. The number of alkyl halides is 1. The maximum absolute atomic E-state index is 13.4. The first-order valence-corrected chi connectivity index (χ1v) is 3.45. The molecule has 11 heavy (non-hydrogen) atoms. The molecule has 1 saturated carbocycles. The van der Waals surface area contributed by atoms with Gasteiger partial charge in [0.05, 0.1) is 20.6 Å². The summed E-state index contributed by atoms with van der Waals surface area (Å²) in [6, 6.07) is 0. The van der Waals surface area contributed by atoms with E-state index >= 15 is 0 Å². The zero-order valence-corrected chi connectivity index (χ0v) is 6.13. The third-order valence-electron chi connectivity index (χ3n) is 2.22. The van der Waals surface area contributed by atoms with Crippen molar-refractivity contribution in [3.05, 3.63) is 12.2 Å².